The van der Waals surface area contributed by atoms with Gasteiger partial charge in [0.15, 0.2) is 0 Å². The number of piperidine rings is 1. The predicted octanol–water partition coefficient (Wildman–Crippen LogP) is 2.09. The Balaban J connectivity index is 1.66. The number of hydrogen-bond donors (Lipinski definition) is 1. The molecular formula is C20H28N4O2. The van der Waals surface area contributed by atoms with Crippen molar-refractivity contribution in [2.24, 2.45) is 0 Å². The third-order valence-electron chi connectivity index (χ3n) is 5.30. The fraction of sp³-hybridized carbons (Fsp3) is 0.550. The van der Waals surface area contributed by atoms with Gasteiger partial charge < -0.3 is 5.32 Å². The van der Waals surface area contributed by atoms with Crippen molar-refractivity contribution in [2.45, 2.75) is 52.1 Å². The van der Waals surface area contributed by atoms with Crippen LogP contribution in [0, 0.1) is 6.92 Å². The quantitative estimate of drug-likeness (QED) is 0.891. The smallest absolute Gasteiger partial charge is 0.261 e. The first-order chi connectivity index (χ1) is 12.4. The van der Waals surface area contributed by atoms with E-state index in [0.29, 0.717) is 17.4 Å². The minimum Gasteiger partial charge on any atom is -0.353 e. The van der Waals surface area contributed by atoms with Crippen molar-refractivity contribution in [1.29, 1.82) is 0 Å². The van der Waals surface area contributed by atoms with Gasteiger partial charge in [-0.3, -0.25) is 19.1 Å². The summed E-state index contributed by atoms with van der Waals surface area (Å²) in [5, 5.41) is 3.54. The Hall–Kier alpha value is -2.21. The maximum Gasteiger partial charge on any atom is 0.261 e. The summed E-state index contributed by atoms with van der Waals surface area (Å²) in [6.45, 7) is 8.96. The Morgan fingerprint density at radius 2 is 1.96 bits per heavy atom. The molecule has 0 saturated carbocycles. The third-order valence-corrected chi connectivity index (χ3v) is 5.30. The molecule has 0 radical (unpaired) electrons. The van der Waals surface area contributed by atoms with Gasteiger partial charge in [0.2, 0.25) is 5.91 Å². The van der Waals surface area contributed by atoms with Gasteiger partial charge in [-0.1, -0.05) is 18.6 Å². The predicted molar refractivity (Wildman–Crippen MR) is 103 cm³/mol. The lowest BCUT2D eigenvalue weighted by Crippen LogP contribution is -2.53. The zero-order chi connectivity index (χ0) is 18.7. The molecule has 0 atom stereocenters. The molecule has 26 heavy (non-hydrogen) atoms. The Bertz CT molecular complexity index is 851. The Morgan fingerprint density at radius 3 is 2.69 bits per heavy atom. The highest BCUT2D eigenvalue weighted by atomic mass is 16.2. The van der Waals surface area contributed by atoms with E-state index in [9.17, 15) is 9.59 Å². The van der Waals surface area contributed by atoms with Crippen LogP contribution in [0.4, 0.5) is 0 Å². The summed E-state index contributed by atoms with van der Waals surface area (Å²) in [7, 11) is 0. The van der Waals surface area contributed by atoms with Crippen LogP contribution in [-0.2, 0) is 11.3 Å². The van der Waals surface area contributed by atoms with Crippen LogP contribution in [0.2, 0.25) is 0 Å². The van der Waals surface area contributed by atoms with Crippen molar-refractivity contribution in [3.63, 3.8) is 0 Å². The number of fused-ring (bicyclic) bond motifs is 1. The van der Waals surface area contributed by atoms with E-state index in [1.807, 2.05) is 19.1 Å². The molecule has 6 heteroatoms. The molecule has 1 fully saturated rings. The van der Waals surface area contributed by atoms with Crippen molar-refractivity contribution < 1.29 is 4.79 Å². The number of hydrogen-bond acceptors (Lipinski definition) is 4. The molecule has 6 nitrogen and oxygen atoms in total. The van der Waals surface area contributed by atoms with E-state index in [1.54, 1.807) is 6.07 Å². The van der Waals surface area contributed by atoms with Gasteiger partial charge in [0.05, 0.1) is 17.2 Å². The minimum absolute atomic E-state index is 0.00814. The van der Waals surface area contributed by atoms with Gasteiger partial charge in [0.1, 0.15) is 6.54 Å². The number of carbonyl (C=O) groups excluding carboxylic acids is 1. The van der Waals surface area contributed by atoms with Crippen LogP contribution in [0.25, 0.3) is 10.9 Å². The maximum absolute atomic E-state index is 12.6. The summed E-state index contributed by atoms with van der Waals surface area (Å²) in [6, 6.07) is 5.52. The second kappa shape index (κ2) is 7.58. The molecule has 0 aliphatic carbocycles. The average Bonchev–Trinajstić information content (AvgIpc) is 2.64. The van der Waals surface area contributed by atoms with Crippen molar-refractivity contribution >= 4 is 16.8 Å². The largest absolute Gasteiger partial charge is 0.353 e. The SMILES string of the molecule is Cc1cccc2c(=O)n(CC(=O)NCC(C)(C)N3CCCCC3)cnc12. The number of carbonyl (C=O) groups is 1. The summed E-state index contributed by atoms with van der Waals surface area (Å²) in [5.41, 5.74) is 1.39. The standard InChI is InChI=1S/C20H28N4O2/c1-15-8-7-9-16-18(15)22-14-23(19(16)26)12-17(25)21-13-20(2,3)24-10-5-4-6-11-24/h7-9,14H,4-6,10-13H2,1-3H3,(H,21,25). The number of likely N-dealkylation sites (tertiary alicyclic amines) is 1. The second-order valence-electron chi connectivity index (χ2n) is 7.79. The van der Waals surface area contributed by atoms with Crippen LogP contribution in [0.15, 0.2) is 29.3 Å². The Labute approximate surface area is 154 Å². The normalized spacial score (nSPS) is 16.0. The van der Waals surface area contributed by atoms with Crippen molar-refractivity contribution in [3.05, 3.63) is 40.4 Å². The van der Waals surface area contributed by atoms with E-state index in [4.69, 9.17) is 0 Å². The number of amides is 1. The highest BCUT2D eigenvalue weighted by Gasteiger charge is 2.28. The first kappa shape index (κ1) is 18.6. The lowest BCUT2D eigenvalue weighted by molar-refractivity contribution is -0.122. The molecule has 1 N–H and O–H groups in total. The van der Waals surface area contributed by atoms with Crippen molar-refractivity contribution in [2.75, 3.05) is 19.6 Å². The minimum atomic E-state index is -0.177. The fourth-order valence-corrected chi connectivity index (χ4v) is 3.59. The molecule has 2 aromatic rings. The molecule has 2 heterocycles. The first-order valence-electron chi connectivity index (χ1n) is 9.35. The highest BCUT2D eigenvalue weighted by Crippen LogP contribution is 2.19. The van der Waals surface area contributed by atoms with E-state index in [-0.39, 0.29) is 23.6 Å². The van der Waals surface area contributed by atoms with Gasteiger partial charge in [0, 0.05) is 12.1 Å². The number of rotatable bonds is 5. The number of nitrogens with zero attached hydrogens (tertiary/aromatic N) is 3. The molecule has 0 spiro atoms. The zero-order valence-electron chi connectivity index (χ0n) is 15.9. The van der Waals surface area contributed by atoms with Gasteiger partial charge in [-0.15, -0.1) is 0 Å². The van der Waals surface area contributed by atoms with Crippen LogP contribution in [0.5, 0.6) is 0 Å². The number of para-hydroxylation sites is 1. The molecule has 1 aliphatic heterocycles. The summed E-state index contributed by atoms with van der Waals surface area (Å²) in [5.74, 6) is -0.161. The molecule has 1 amide bonds. The van der Waals surface area contributed by atoms with Crippen LogP contribution < -0.4 is 10.9 Å². The third kappa shape index (κ3) is 3.96. The molecule has 1 aromatic carbocycles. The van der Waals surface area contributed by atoms with E-state index < -0.39 is 0 Å². The van der Waals surface area contributed by atoms with Gasteiger partial charge in [0.25, 0.3) is 5.56 Å². The van der Waals surface area contributed by atoms with Crippen LogP contribution >= 0.6 is 0 Å². The summed E-state index contributed by atoms with van der Waals surface area (Å²) >= 11 is 0. The molecule has 1 saturated heterocycles. The lowest BCUT2D eigenvalue weighted by Gasteiger charge is -2.41. The number of aromatic nitrogens is 2. The molecular weight excluding hydrogens is 328 g/mol. The van der Waals surface area contributed by atoms with E-state index in [0.717, 1.165) is 18.7 Å². The van der Waals surface area contributed by atoms with Crippen LogP contribution in [-0.4, -0.2) is 45.5 Å². The lowest BCUT2D eigenvalue weighted by atomic mass is 9.98. The van der Waals surface area contributed by atoms with Crippen molar-refractivity contribution in [3.8, 4) is 0 Å². The van der Waals surface area contributed by atoms with Gasteiger partial charge in [-0.25, -0.2) is 4.98 Å². The molecule has 1 aromatic heterocycles. The molecule has 0 bridgehead atoms. The topological polar surface area (TPSA) is 67.2 Å². The number of aryl methyl sites for hydroxylation is 1. The monoisotopic (exact) mass is 356 g/mol. The zero-order valence-corrected chi connectivity index (χ0v) is 15.9. The Morgan fingerprint density at radius 1 is 1.23 bits per heavy atom. The van der Waals surface area contributed by atoms with Crippen LogP contribution in [0.1, 0.15) is 38.7 Å². The number of benzene rings is 1. The van der Waals surface area contributed by atoms with E-state index in [2.05, 4.69) is 29.0 Å². The summed E-state index contributed by atoms with van der Waals surface area (Å²) in [4.78, 5) is 31.8. The molecule has 140 valence electrons. The van der Waals surface area contributed by atoms with E-state index >= 15 is 0 Å². The molecule has 3 rings (SSSR count). The maximum atomic E-state index is 12.6. The fourth-order valence-electron chi connectivity index (χ4n) is 3.59. The summed E-state index contributed by atoms with van der Waals surface area (Å²) in [6.07, 6.45) is 5.19. The van der Waals surface area contributed by atoms with Crippen molar-refractivity contribution in [1.82, 2.24) is 19.8 Å². The highest BCUT2D eigenvalue weighted by molar-refractivity contribution is 5.81. The number of nitrogens with one attached hydrogen (secondary N) is 1. The molecule has 1 aliphatic rings. The average molecular weight is 356 g/mol. The van der Waals surface area contributed by atoms with Gasteiger partial charge >= 0.3 is 0 Å². The second-order valence-corrected chi connectivity index (χ2v) is 7.79. The Kier molecular flexibility index (Phi) is 5.41. The van der Waals surface area contributed by atoms with E-state index in [1.165, 1.54) is 30.2 Å². The van der Waals surface area contributed by atoms with Gasteiger partial charge in [-0.05, 0) is 58.3 Å². The summed E-state index contributed by atoms with van der Waals surface area (Å²) < 4.78 is 1.38. The first-order valence-corrected chi connectivity index (χ1v) is 9.35. The molecule has 0 unspecified atom stereocenters. The van der Waals surface area contributed by atoms with Crippen LogP contribution in [0.3, 0.4) is 0 Å². The van der Waals surface area contributed by atoms with Gasteiger partial charge in [-0.2, -0.15) is 0 Å².